The summed E-state index contributed by atoms with van der Waals surface area (Å²) in [6, 6.07) is 8.59. The fraction of sp³-hybridized carbons (Fsp3) is 0.545. The first-order valence-corrected chi connectivity index (χ1v) is 9.89. The molecule has 0 bridgehead atoms. The molecule has 1 aliphatic heterocycles. The molecular weight excluding hydrogens is 338 g/mol. The van der Waals surface area contributed by atoms with E-state index in [2.05, 4.69) is 53.5 Å². The minimum Gasteiger partial charge on any atom is -0.361 e. The number of amides is 1. The highest BCUT2D eigenvalue weighted by atomic mass is 16.5. The molecule has 27 heavy (non-hydrogen) atoms. The molecule has 2 aromatic rings. The maximum Gasteiger partial charge on any atom is 0.224 e. The van der Waals surface area contributed by atoms with E-state index in [1.807, 2.05) is 13.8 Å². The number of aromatic nitrogens is 1. The summed E-state index contributed by atoms with van der Waals surface area (Å²) in [5, 5.41) is 6.88. The minimum atomic E-state index is -0.00947. The highest BCUT2D eigenvalue weighted by molar-refractivity contribution is 5.78. The highest BCUT2D eigenvalue weighted by Gasteiger charge is 2.21. The largest absolute Gasteiger partial charge is 0.361 e. The van der Waals surface area contributed by atoms with Crippen molar-refractivity contribution >= 4 is 5.91 Å². The predicted molar refractivity (Wildman–Crippen MR) is 106 cm³/mol. The van der Waals surface area contributed by atoms with Crippen molar-refractivity contribution in [1.29, 1.82) is 0 Å². The van der Waals surface area contributed by atoms with Gasteiger partial charge in [0.2, 0.25) is 5.91 Å². The van der Waals surface area contributed by atoms with Crippen LogP contribution < -0.4 is 5.32 Å². The minimum absolute atomic E-state index is 0.00947. The van der Waals surface area contributed by atoms with Gasteiger partial charge in [0.05, 0.1) is 12.1 Å². The second-order valence-corrected chi connectivity index (χ2v) is 8.21. The van der Waals surface area contributed by atoms with Crippen molar-refractivity contribution in [1.82, 2.24) is 15.4 Å². The first kappa shape index (κ1) is 19.6. The van der Waals surface area contributed by atoms with Gasteiger partial charge >= 0.3 is 0 Å². The molecular formula is C22H31N3O2. The molecule has 146 valence electrons. The standard InChI is InChI=1S/C22H31N3O2/c1-15-9-16(2)13-25(12-15)14-20-7-5-19(6-8-20)11-23-22(26)10-21-17(3)24-27-18(21)4/h5-8,15-16H,9-14H2,1-4H3,(H,23,26)/t15-,16-/m1/s1. The molecule has 1 fully saturated rings. The molecule has 1 amide bonds. The van der Waals surface area contributed by atoms with Crippen molar-refractivity contribution in [3.63, 3.8) is 0 Å². The van der Waals surface area contributed by atoms with Gasteiger partial charge in [0.15, 0.2) is 0 Å². The summed E-state index contributed by atoms with van der Waals surface area (Å²) >= 11 is 0. The van der Waals surface area contributed by atoms with Crippen LogP contribution in [0.5, 0.6) is 0 Å². The lowest BCUT2D eigenvalue weighted by Gasteiger charge is -2.35. The predicted octanol–water partition coefficient (Wildman–Crippen LogP) is 3.63. The van der Waals surface area contributed by atoms with E-state index in [0.717, 1.165) is 35.2 Å². The number of rotatable bonds is 6. The van der Waals surface area contributed by atoms with E-state index >= 15 is 0 Å². The van der Waals surface area contributed by atoms with Crippen molar-refractivity contribution in [3.05, 3.63) is 52.4 Å². The van der Waals surface area contributed by atoms with Gasteiger partial charge in [0, 0.05) is 31.7 Å². The molecule has 0 aliphatic carbocycles. The molecule has 5 nitrogen and oxygen atoms in total. The Morgan fingerprint density at radius 3 is 2.37 bits per heavy atom. The molecule has 1 N–H and O–H groups in total. The zero-order valence-corrected chi connectivity index (χ0v) is 16.9. The number of hydrogen-bond acceptors (Lipinski definition) is 4. The van der Waals surface area contributed by atoms with Gasteiger partial charge in [-0.15, -0.1) is 0 Å². The number of benzene rings is 1. The summed E-state index contributed by atoms with van der Waals surface area (Å²) in [5.74, 6) is 2.26. The number of hydrogen-bond donors (Lipinski definition) is 1. The van der Waals surface area contributed by atoms with Gasteiger partial charge in [-0.2, -0.15) is 0 Å². The molecule has 2 heterocycles. The molecule has 0 saturated carbocycles. The summed E-state index contributed by atoms with van der Waals surface area (Å²) in [7, 11) is 0. The Bertz CT molecular complexity index is 737. The maximum atomic E-state index is 12.2. The van der Waals surface area contributed by atoms with Crippen LogP contribution in [0.1, 0.15) is 48.4 Å². The fourth-order valence-corrected chi connectivity index (χ4v) is 4.12. The number of nitrogens with one attached hydrogen (secondary N) is 1. The summed E-state index contributed by atoms with van der Waals surface area (Å²) in [6.45, 7) is 12.3. The quantitative estimate of drug-likeness (QED) is 0.845. The van der Waals surface area contributed by atoms with Gasteiger partial charge in [0.25, 0.3) is 0 Å². The first-order chi connectivity index (χ1) is 12.9. The summed E-state index contributed by atoms with van der Waals surface area (Å²) in [5.41, 5.74) is 4.12. The van der Waals surface area contributed by atoms with E-state index in [1.165, 1.54) is 25.1 Å². The zero-order chi connectivity index (χ0) is 19.4. The molecule has 5 heteroatoms. The first-order valence-electron chi connectivity index (χ1n) is 9.89. The fourth-order valence-electron chi connectivity index (χ4n) is 4.12. The molecule has 0 unspecified atom stereocenters. The van der Waals surface area contributed by atoms with E-state index in [1.54, 1.807) is 0 Å². The monoisotopic (exact) mass is 369 g/mol. The van der Waals surface area contributed by atoms with Crippen molar-refractivity contribution in [2.75, 3.05) is 13.1 Å². The number of aryl methyl sites for hydroxylation is 2. The molecule has 0 spiro atoms. The Balaban J connectivity index is 1.48. The molecule has 0 radical (unpaired) electrons. The molecule has 1 aromatic carbocycles. The lowest BCUT2D eigenvalue weighted by molar-refractivity contribution is -0.120. The number of piperidine rings is 1. The number of nitrogens with zero attached hydrogens (tertiary/aromatic N) is 2. The van der Waals surface area contributed by atoms with Crippen LogP contribution in [0.2, 0.25) is 0 Å². The Morgan fingerprint density at radius 1 is 1.15 bits per heavy atom. The summed E-state index contributed by atoms with van der Waals surface area (Å²) in [6.07, 6.45) is 1.65. The molecule has 1 saturated heterocycles. The second kappa shape index (κ2) is 8.70. The SMILES string of the molecule is Cc1noc(C)c1CC(=O)NCc1ccc(CN2C[C@H](C)C[C@@H](C)C2)cc1. The van der Waals surface area contributed by atoms with Crippen LogP contribution in [-0.2, 0) is 24.3 Å². The molecule has 1 aliphatic rings. The third-order valence-electron chi connectivity index (χ3n) is 5.38. The van der Waals surface area contributed by atoms with Crippen LogP contribution in [0.3, 0.4) is 0 Å². The van der Waals surface area contributed by atoms with Gasteiger partial charge in [-0.3, -0.25) is 9.69 Å². The Kier molecular flexibility index (Phi) is 6.32. The average molecular weight is 370 g/mol. The normalized spacial score (nSPS) is 20.6. The lowest BCUT2D eigenvalue weighted by Crippen LogP contribution is -2.38. The third kappa shape index (κ3) is 5.42. The van der Waals surface area contributed by atoms with Crippen LogP contribution in [0.15, 0.2) is 28.8 Å². The van der Waals surface area contributed by atoms with Gasteiger partial charge < -0.3 is 9.84 Å². The van der Waals surface area contributed by atoms with Gasteiger partial charge in [-0.1, -0.05) is 43.3 Å². The Morgan fingerprint density at radius 2 is 1.78 bits per heavy atom. The average Bonchev–Trinajstić information content (AvgIpc) is 2.92. The van der Waals surface area contributed by atoms with E-state index in [9.17, 15) is 4.79 Å². The second-order valence-electron chi connectivity index (χ2n) is 8.21. The van der Waals surface area contributed by atoms with Gasteiger partial charge in [-0.25, -0.2) is 0 Å². The number of likely N-dealkylation sites (tertiary alicyclic amines) is 1. The van der Waals surface area contributed by atoms with Crippen LogP contribution in [-0.4, -0.2) is 29.1 Å². The van der Waals surface area contributed by atoms with Gasteiger partial charge in [0.1, 0.15) is 5.76 Å². The van der Waals surface area contributed by atoms with Crippen LogP contribution in [0.25, 0.3) is 0 Å². The molecule has 1 aromatic heterocycles. The number of carbonyl (C=O) groups excluding carboxylic acids is 1. The summed E-state index contributed by atoms with van der Waals surface area (Å²) in [4.78, 5) is 14.7. The van der Waals surface area contributed by atoms with Crippen molar-refractivity contribution in [2.24, 2.45) is 11.8 Å². The van der Waals surface area contributed by atoms with Crippen LogP contribution in [0.4, 0.5) is 0 Å². The van der Waals surface area contributed by atoms with Crippen LogP contribution in [0, 0.1) is 25.7 Å². The van der Waals surface area contributed by atoms with E-state index in [0.29, 0.717) is 18.7 Å². The van der Waals surface area contributed by atoms with E-state index < -0.39 is 0 Å². The maximum absolute atomic E-state index is 12.2. The van der Waals surface area contributed by atoms with E-state index in [-0.39, 0.29) is 5.91 Å². The van der Waals surface area contributed by atoms with Crippen molar-refractivity contribution < 1.29 is 9.32 Å². The third-order valence-corrected chi connectivity index (χ3v) is 5.38. The highest BCUT2D eigenvalue weighted by Crippen LogP contribution is 2.22. The molecule has 2 atom stereocenters. The van der Waals surface area contributed by atoms with Gasteiger partial charge in [-0.05, 0) is 43.2 Å². The lowest BCUT2D eigenvalue weighted by atomic mass is 9.91. The van der Waals surface area contributed by atoms with E-state index in [4.69, 9.17) is 4.52 Å². The topological polar surface area (TPSA) is 58.4 Å². The zero-order valence-electron chi connectivity index (χ0n) is 16.9. The van der Waals surface area contributed by atoms with Crippen molar-refractivity contribution in [3.8, 4) is 0 Å². The Hall–Kier alpha value is -2.14. The van der Waals surface area contributed by atoms with Crippen molar-refractivity contribution in [2.45, 2.75) is 53.6 Å². The van der Waals surface area contributed by atoms with Crippen LogP contribution >= 0.6 is 0 Å². The molecule has 3 rings (SSSR count). The number of carbonyl (C=O) groups is 1. The smallest absolute Gasteiger partial charge is 0.224 e. The summed E-state index contributed by atoms with van der Waals surface area (Å²) < 4.78 is 5.11. The Labute approximate surface area is 162 Å².